The lowest BCUT2D eigenvalue weighted by Crippen LogP contribution is -2.24. The average Bonchev–Trinajstić information content (AvgIpc) is 3.28. The standard InChI is InChI=1S/C21H24N6O2S/c1-12-6-13-8-17(30-20(13)16(7-12)29-3)15-9-14(10-26(2)5-4-18(22)28)27-19(15)21(23)24-11-25-27/h6-9,11H,4-5,10H2,1-3H3,(H2,22,28)(H2,23,24,25). The molecule has 8 nitrogen and oxygen atoms in total. The Balaban J connectivity index is 1.82. The van der Waals surface area contributed by atoms with Gasteiger partial charge in [-0.25, -0.2) is 9.50 Å². The number of primary amides is 1. The van der Waals surface area contributed by atoms with Gasteiger partial charge in [-0.1, -0.05) is 6.07 Å². The zero-order valence-electron chi connectivity index (χ0n) is 17.2. The number of ether oxygens (including phenoxy) is 1. The zero-order chi connectivity index (χ0) is 21.4. The highest BCUT2D eigenvalue weighted by molar-refractivity contribution is 7.22. The molecule has 0 aliphatic carbocycles. The summed E-state index contributed by atoms with van der Waals surface area (Å²) in [7, 11) is 3.63. The van der Waals surface area contributed by atoms with Crippen molar-refractivity contribution in [3.8, 4) is 16.2 Å². The monoisotopic (exact) mass is 424 g/mol. The molecule has 0 radical (unpaired) electrons. The maximum absolute atomic E-state index is 11.1. The summed E-state index contributed by atoms with van der Waals surface area (Å²) in [6, 6.07) is 8.43. The molecule has 1 aromatic carbocycles. The minimum atomic E-state index is -0.316. The molecule has 156 valence electrons. The topological polar surface area (TPSA) is 112 Å². The number of anilines is 1. The Hall–Kier alpha value is -3.17. The van der Waals surface area contributed by atoms with Gasteiger partial charge < -0.3 is 21.1 Å². The summed E-state index contributed by atoms with van der Waals surface area (Å²) in [4.78, 5) is 18.4. The first-order valence-corrected chi connectivity index (χ1v) is 10.4. The molecule has 0 aliphatic heterocycles. The van der Waals surface area contributed by atoms with Crippen molar-refractivity contribution in [2.75, 3.05) is 26.4 Å². The van der Waals surface area contributed by atoms with Crippen molar-refractivity contribution in [2.24, 2.45) is 5.73 Å². The third kappa shape index (κ3) is 3.69. The molecule has 0 aliphatic rings. The quantitative estimate of drug-likeness (QED) is 0.472. The van der Waals surface area contributed by atoms with Gasteiger partial charge in [-0.05, 0) is 43.1 Å². The number of hydrogen-bond donors (Lipinski definition) is 2. The lowest BCUT2D eigenvalue weighted by Gasteiger charge is -2.15. The number of aromatic nitrogens is 3. The van der Waals surface area contributed by atoms with E-state index < -0.39 is 0 Å². The Morgan fingerprint density at radius 3 is 2.83 bits per heavy atom. The summed E-state index contributed by atoms with van der Waals surface area (Å²) in [5.74, 6) is 0.968. The first kappa shape index (κ1) is 20.1. The molecule has 0 spiro atoms. The third-order valence-electron chi connectivity index (χ3n) is 5.04. The Labute approximate surface area is 178 Å². The van der Waals surface area contributed by atoms with E-state index in [0.29, 0.717) is 25.3 Å². The summed E-state index contributed by atoms with van der Waals surface area (Å²) in [6.07, 6.45) is 1.76. The molecule has 3 heterocycles. The number of carbonyl (C=O) groups excluding carboxylic acids is 1. The van der Waals surface area contributed by atoms with Crippen LogP contribution in [0.2, 0.25) is 0 Å². The molecule has 30 heavy (non-hydrogen) atoms. The van der Waals surface area contributed by atoms with Crippen LogP contribution in [0.4, 0.5) is 5.82 Å². The highest BCUT2D eigenvalue weighted by atomic mass is 32.1. The molecule has 4 rings (SSSR count). The van der Waals surface area contributed by atoms with Gasteiger partial charge >= 0.3 is 0 Å². The van der Waals surface area contributed by atoms with Crippen molar-refractivity contribution in [3.63, 3.8) is 0 Å². The lowest BCUT2D eigenvalue weighted by atomic mass is 10.1. The van der Waals surface area contributed by atoms with Gasteiger partial charge in [0, 0.05) is 30.0 Å². The number of nitrogen functional groups attached to an aromatic ring is 1. The number of hydrogen-bond acceptors (Lipinski definition) is 7. The predicted octanol–water partition coefficient (Wildman–Crippen LogP) is 2.82. The zero-order valence-corrected chi connectivity index (χ0v) is 18.0. The van der Waals surface area contributed by atoms with Gasteiger partial charge in [0.15, 0.2) is 5.82 Å². The van der Waals surface area contributed by atoms with E-state index in [9.17, 15) is 4.79 Å². The SMILES string of the molecule is COc1cc(C)cc2cc(-c3cc(CN(C)CCC(N)=O)n4ncnc(N)c34)sc12. The van der Waals surface area contributed by atoms with Crippen LogP contribution < -0.4 is 16.2 Å². The highest BCUT2D eigenvalue weighted by Gasteiger charge is 2.19. The van der Waals surface area contributed by atoms with Crippen LogP contribution in [-0.4, -0.2) is 46.1 Å². The molecule has 0 atom stereocenters. The Kier molecular flexibility index (Phi) is 5.31. The second-order valence-electron chi connectivity index (χ2n) is 7.41. The molecule has 0 unspecified atom stereocenters. The number of aryl methyl sites for hydroxylation is 1. The number of amides is 1. The van der Waals surface area contributed by atoms with E-state index >= 15 is 0 Å². The number of carbonyl (C=O) groups is 1. The van der Waals surface area contributed by atoms with Crippen LogP contribution in [0.1, 0.15) is 17.7 Å². The van der Waals surface area contributed by atoms with Gasteiger partial charge in [-0.3, -0.25) is 4.79 Å². The van der Waals surface area contributed by atoms with Crippen LogP contribution in [0, 0.1) is 6.92 Å². The molecule has 0 saturated carbocycles. The minimum Gasteiger partial charge on any atom is -0.495 e. The first-order valence-electron chi connectivity index (χ1n) is 9.54. The minimum absolute atomic E-state index is 0.305. The maximum atomic E-state index is 11.1. The van der Waals surface area contributed by atoms with Gasteiger partial charge in [0.05, 0.1) is 17.5 Å². The molecular formula is C21H24N6O2S. The molecule has 1 amide bonds. The second-order valence-corrected chi connectivity index (χ2v) is 8.46. The molecule has 0 bridgehead atoms. The molecule has 0 fully saturated rings. The van der Waals surface area contributed by atoms with Crippen LogP contribution in [0.15, 0.2) is 30.6 Å². The van der Waals surface area contributed by atoms with Crippen LogP contribution in [0.5, 0.6) is 5.75 Å². The van der Waals surface area contributed by atoms with Gasteiger partial charge in [0.25, 0.3) is 0 Å². The lowest BCUT2D eigenvalue weighted by molar-refractivity contribution is -0.118. The fourth-order valence-electron chi connectivity index (χ4n) is 3.64. The number of benzene rings is 1. The Morgan fingerprint density at radius 2 is 2.10 bits per heavy atom. The summed E-state index contributed by atoms with van der Waals surface area (Å²) in [6.45, 7) is 3.22. The van der Waals surface area contributed by atoms with E-state index in [0.717, 1.165) is 43.1 Å². The fraction of sp³-hybridized carbons (Fsp3) is 0.286. The summed E-state index contributed by atoms with van der Waals surface area (Å²) < 4.78 is 8.50. The van der Waals surface area contributed by atoms with Crippen LogP contribution in [0.25, 0.3) is 26.0 Å². The summed E-state index contributed by atoms with van der Waals surface area (Å²) >= 11 is 1.66. The molecule has 4 aromatic rings. The van der Waals surface area contributed by atoms with Crippen molar-refractivity contribution in [1.82, 2.24) is 19.5 Å². The molecule has 4 N–H and O–H groups in total. The number of methoxy groups -OCH3 is 1. The number of nitrogens with two attached hydrogens (primary N) is 2. The molecule has 9 heteroatoms. The summed E-state index contributed by atoms with van der Waals surface area (Å²) in [5.41, 5.74) is 15.4. The maximum Gasteiger partial charge on any atom is 0.218 e. The number of fused-ring (bicyclic) bond motifs is 2. The van der Waals surface area contributed by atoms with Gasteiger partial charge in [0.2, 0.25) is 5.91 Å². The van der Waals surface area contributed by atoms with Crippen molar-refractivity contribution in [1.29, 1.82) is 0 Å². The van der Waals surface area contributed by atoms with E-state index in [1.54, 1.807) is 18.4 Å². The van der Waals surface area contributed by atoms with E-state index in [-0.39, 0.29) is 5.91 Å². The molecule has 0 saturated heterocycles. The van der Waals surface area contributed by atoms with Gasteiger partial charge in [0.1, 0.15) is 17.6 Å². The fourth-order valence-corrected chi connectivity index (χ4v) is 4.79. The third-order valence-corrected chi connectivity index (χ3v) is 6.24. The number of nitrogens with zero attached hydrogens (tertiary/aromatic N) is 4. The normalized spacial score (nSPS) is 11.6. The van der Waals surface area contributed by atoms with Crippen molar-refractivity contribution in [2.45, 2.75) is 19.9 Å². The van der Waals surface area contributed by atoms with Crippen LogP contribution in [0.3, 0.4) is 0 Å². The molecule has 3 aromatic heterocycles. The summed E-state index contributed by atoms with van der Waals surface area (Å²) in [5, 5.41) is 5.55. The highest BCUT2D eigenvalue weighted by Crippen LogP contribution is 2.42. The largest absolute Gasteiger partial charge is 0.495 e. The Morgan fingerprint density at radius 1 is 1.30 bits per heavy atom. The van der Waals surface area contributed by atoms with E-state index in [1.165, 1.54) is 6.33 Å². The number of thiophene rings is 1. The second kappa shape index (κ2) is 7.92. The van der Waals surface area contributed by atoms with Crippen molar-refractivity contribution in [3.05, 3.63) is 41.9 Å². The van der Waals surface area contributed by atoms with Crippen LogP contribution >= 0.6 is 11.3 Å². The van der Waals surface area contributed by atoms with Gasteiger partial charge in [-0.2, -0.15) is 5.10 Å². The van der Waals surface area contributed by atoms with E-state index in [4.69, 9.17) is 16.2 Å². The van der Waals surface area contributed by atoms with Crippen molar-refractivity contribution < 1.29 is 9.53 Å². The number of rotatable bonds is 7. The predicted molar refractivity (Wildman–Crippen MR) is 120 cm³/mol. The first-order chi connectivity index (χ1) is 14.4. The van der Waals surface area contributed by atoms with E-state index in [2.05, 4.69) is 35.2 Å². The van der Waals surface area contributed by atoms with E-state index in [1.807, 2.05) is 22.5 Å². The molecular weight excluding hydrogens is 400 g/mol. The van der Waals surface area contributed by atoms with Crippen LogP contribution in [-0.2, 0) is 11.3 Å². The average molecular weight is 425 g/mol. The smallest absolute Gasteiger partial charge is 0.218 e. The Bertz CT molecular complexity index is 1250. The van der Waals surface area contributed by atoms with Gasteiger partial charge in [-0.15, -0.1) is 11.3 Å². The van der Waals surface area contributed by atoms with Crippen molar-refractivity contribution >= 4 is 38.7 Å².